The molecule has 0 radical (unpaired) electrons. The van der Waals surface area contributed by atoms with Crippen LogP contribution in [0.15, 0.2) is 27.1 Å². The lowest BCUT2D eigenvalue weighted by atomic mass is 10.0. The Hall–Kier alpha value is -0.390. The van der Waals surface area contributed by atoms with Crippen LogP contribution >= 0.6 is 31.9 Å². The van der Waals surface area contributed by atoms with Crippen LogP contribution in [-0.2, 0) is 4.79 Å². The van der Waals surface area contributed by atoms with E-state index >= 15 is 0 Å². The summed E-state index contributed by atoms with van der Waals surface area (Å²) in [5.74, 6) is 0.744. The predicted molar refractivity (Wildman–Crippen MR) is 80.7 cm³/mol. The normalized spacial score (nSPS) is 18.9. The molecule has 1 unspecified atom stereocenters. The summed E-state index contributed by atoms with van der Waals surface area (Å²) in [6.07, 6.45) is 2.75. The SMILES string of the molecule is O=C(CCC1CCNC1)Nc1ccc(Br)cc1Br. The lowest BCUT2D eigenvalue weighted by Crippen LogP contribution is -2.15. The van der Waals surface area contributed by atoms with Crippen LogP contribution in [0.2, 0.25) is 0 Å². The Morgan fingerprint density at radius 3 is 2.94 bits per heavy atom. The summed E-state index contributed by atoms with van der Waals surface area (Å²) in [6, 6.07) is 5.74. The van der Waals surface area contributed by atoms with E-state index in [4.69, 9.17) is 0 Å². The van der Waals surface area contributed by atoms with Crippen LogP contribution in [0.3, 0.4) is 0 Å². The lowest BCUT2D eigenvalue weighted by molar-refractivity contribution is -0.116. The zero-order chi connectivity index (χ0) is 13.0. The molecule has 2 N–H and O–H groups in total. The largest absolute Gasteiger partial charge is 0.325 e. The van der Waals surface area contributed by atoms with Crippen LogP contribution in [0.25, 0.3) is 0 Å². The quantitative estimate of drug-likeness (QED) is 0.844. The minimum absolute atomic E-state index is 0.0879. The van der Waals surface area contributed by atoms with Gasteiger partial charge in [-0.25, -0.2) is 0 Å². The number of halogens is 2. The summed E-state index contributed by atoms with van der Waals surface area (Å²) < 4.78 is 1.89. The molecule has 1 heterocycles. The van der Waals surface area contributed by atoms with E-state index in [9.17, 15) is 4.79 Å². The van der Waals surface area contributed by atoms with Crippen molar-refractivity contribution in [3.8, 4) is 0 Å². The van der Waals surface area contributed by atoms with E-state index in [1.54, 1.807) is 0 Å². The fourth-order valence-corrected chi connectivity index (χ4v) is 3.25. The Kier molecular flexibility index (Phi) is 5.21. The molecule has 1 atom stereocenters. The molecule has 1 aliphatic rings. The van der Waals surface area contributed by atoms with E-state index in [1.807, 2.05) is 18.2 Å². The highest BCUT2D eigenvalue weighted by atomic mass is 79.9. The van der Waals surface area contributed by atoms with E-state index in [0.717, 1.165) is 34.1 Å². The minimum atomic E-state index is 0.0879. The molecule has 98 valence electrons. The summed E-state index contributed by atoms with van der Waals surface area (Å²) in [5.41, 5.74) is 0.827. The van der Waals surface area contributed by atoms with Gasteiger partial charge < -0.3 is 10.6 Å². The number of benzene rings is 1. The number of amides is 1. The van der Waals surface area contributed by atoms with E-state index < -0.39 is 0 Å². The van der Waals surface area contributed by atoms with Gasteiger partial charge in [-0.2, -0.15) is 0 Å². The summed E-state index contributed by atoms with van der Waals surface area (Å²) in [6.45, 7) is 2.14. The van der Waals surface area contributed by atoms with Crippen LogP contribution in [0.4, 0.5) is 5.69 Å². The number of hydrogen-bond donors (Lipinski definition) is 2. The number of nitrogens with one attached hydrogen (secondary N) is 2. The second-order valence-electron chi connectivity index (χ2n) is 4.57. The topological polar surface area (TPSA) is 41.1 Å². The third kappa shape index (κ3) is 4.07. The van der Waals surface area contributed by atoms with Gasteiger partial charge in [0.15, 0.2) is 0 Å². The second kappa shape index (κ2) is 6.68. The van der Waals surface area contributed by atoms with E-state index in [0.29, 0.717) is 12.3 Å². The van der Waals surface area contributed by atoms with Crippen LogP contribution in [0.5, 0.6) is 0 Å². The molecule has 1 saturated heterocycles. The zero-order valence-electron chi connectivity index (χ0n) is 10.0. The number of rotatable bonds is 4. The molecule has 0 saturated carbocycles. The van der Waals surface area contributed by atoms with Gasteiger partial charge in [-0.05, 0) is 66.0 Å². The van der Waals surface area contributed by atoms with Gasteiger partial charge in [-0.1, -0.05) is 15.9 Å². The molecule has 1 aromatic carbocycles. The average Bonchev–Trinajstić information content (AvgIpc) is 2.83. The van der Waals surface area contributed by atoms with Crippen LogP contribution in [0.1, 0.15) is 19.3 Å². The third-order valence-electron chi connectivity index (χ3n) is 3.15. The molecule has 0 aliphatic carbocycles. The molecule has 1 fully saturated rings. The highest BCUT2D eigenvalue weighted by molar-refractivity contribution is 9.11. The predicted octanol–water partition coefficient (Wildman–Crippen LogP) is 3.54. The van der Waals surface area contributed by atoms with Crippen molar-refractivity contribution in [3.05, 3.63) is 27.1 Å². The fraction of sp³-hybridized carbons (Fsp3) is 0.462. The third-order valence-corrected chi connectivity index (χ3v) is 4.30. The average molecular weight is 376 g/mol. The maximum Gasteiger partial charge on any atom is 0.224 e. The van der Waals surface area contributed by atoms with Crippen LogP contribution in [-0.4, -0.2) is 19.0 Å². The molecule has 3 nitrogen and oxygen atoms in total. The monoisotopic (exact) mass is 374 g/mol. The molecular formula is C13H16Br2N2O. The van der Waals surface area contributed by atoms with Crippen molar-refractivity contribution in [2.75, 3.05) is 18.4 Å². The van der Waals surface area contributed by atoms with Gasteiger partial charge in [-0.15, -0.1) is 0 Å². The first-order valence-corrected chi connectivity index (χ1v) is 7.69. The molecule has 1 aromatic rings. The lowest BCUT2D eigenvalue weighted by Gasteiger charge is -2.10. The summed E-state index contributed by atoms with van der Waals surface area (Å²) >= 11 is 6.83. The number of hydrogen-bond acceptors (Lipinski definition) is 2. The van der Waals surface area contributed by atoms with Crippen molar-refractivity contribution >= 4 is 43.5 Å². The molecule has 0 bridgehead atoms. The zero-order valence-corrected chi connectivity index (χ0v) is 13.2. The van der Waals surface area contributed by atoms with Crippen LogP contribution in [0, 0.1) is 5.92 Å². The van der Waals surface area contributed by atoms with Gasteiger partial charge in [0.1, 0.15) is 0 Å². The minimum Gasteiger partial charge on any atom is -0.325 e. The fourth-order valence-electron chi connectivity index (χ4n) is 2.10. The van der Waals surface area contributed by atoms with E-state index in [1.165, 1.54) is 6.42 Å². The van der Waals surface area contributed by atoms with E-state index in [2.05, 4.69) is 42.5 Å². The Balaban J connectivity index is 1.82. The van der Waals surface area contributed by atoms with Crippen molar-refractivity contribution < 1.29 is 4.79 Å². The van der Waals surface area contributed by atoms with Crippen molar-refractivity contribution in [2.24, 2.45) is 5.92 Å². The molecule has 0 spiro atoms. The molecule has 5 heteroatoms. The summed E-state index contributed by atoms with van der Waals surface area (Å²) in [4.78, 5) is 11.8. The Bertz CT molecular complexity index is 431. The summed E-state index contributed by atoms with van der Waals surface area (Å²) in [5, 5.41) is 6.25. The molecule has 1 aliphatic heterocycles. The maximum absolute atomic E-state index is 11.8. The first-order valence-electron chi connectivity index (χ1n) is 6.11. The van der Waals surface area contributed by atoms with Gasteiger partial charge in [0.05, 0.1) is 5.69 Å². The first kappa shape index (κ1) is 14.0. The number of carbonyl (C=O) groups excluding carboxylic acids is 1. The Labute approximate surface area is 124 Å². The van der Waals surface area contributed by atoms with Crippen molar-refractivity contribution in [3.63, 3.8) is 0 Å². The maximum atomic E-state index is 11.8. The smallest absolute Gasteiger partial charge is 0.224 e. The van der Waals surface area contributed by atoms with Gasteiger partial charge in [0.25, 0.3) is 0 Å². The van der Waals surface area contributed by atoms with Gasteiger partial charge in [0.2, 0.25) is 5.91 Å². The highest BCUT2D eigenvalue weighted by Gasteiger charge is 2.16. The van der Waals surface area contributed by atoms with Crippen molar-refractivity contribution in [1.29, 1.82) is 0 Å². The van der Waals surface area contributed by atoms with Gasteiger partial charge in [-0.3, -0.25) is 4.79 Å². The first-order chi connectivity index (χ1) is 8.65. The molecule has 2 rings (SSSR count). The van der Waals surface area contributed by atoms with E-state index in [-0.39, 0.29) is 5.91 Å². The Morgan fingerprint density at radius 1 is 1.44 bits per heavy atom. The molecule has 1 amide bonds. The van der Waals surface area contributed by atoms with Crippen molar-refractivity contribution in [1.82, 2.24) is 5.32 Å². The van der Waals surface area contributed by atoms with Gasteiger partial charge >= 0.3 is 0 Å². The second-order valence-corrected chi connectivity index (χ2v) is 6.34. The summed E-state index contributed by atoms with van der Waals surface area (Å²) in [7, 11) is 0. The highest BCUT2D eigenvalue weighted by Crippen LogP contribution is 2.26. The number of anilines is 1. The standard InChI is InChI=1S/C13H16Br2N2O/c14-10-2-3-12(11(15)7-10)17-13(18)4-1-9-5-6-16-8-9/h2-3,7,9,16H,1,4-6,8H2,(H,17,18). The number of carbonyl (C=O) groups is 1. The van der Waals surface area contributed by atoms with Crippen LogP contribution < -0.4 is 10.6 Å². The van der Waals surface area contributed by atoms with Crippen molar-refractivity contribution in [2.45, 2.75) is 19.3 Å². The molecule has 18 heavy (non-hydrogen) atoms. The molecular weight excluding hydrogens is 360 g/mol. The molecule has 0 aromatic heterocycles. The van der Waals surface area contributed by atoms with Gasteiger partial charge in [0, 0.05) is 15.4 Å². The Morgan fingerprint density at radius 2 is 2.28 bits per heavy atom.